The van der Waals surface area contributed by atoms with E-state index < -0.39 is 6.18 Å². The normalized spacial score (nSPS) is 11.8. The number of ether oxygens (including phenoxy) is 2. The number of methoxy groups -OCH3 is 2. The average molecular weight is 232 g/mol. The molecule has 0 aliphatic rings. The van der Waals surface area contributed by atoms with Gasteiger partial charge in [-0.15, -0.1) is 0 Å². The molecule has 0 saturated carbocycles. The summed E-state index contributed by atoms with van der Waals surface area (Å²) in [4.78, 5) is 0. The van der Waals surface area contributed by atoms with Gasteiger partial charge in [0.15, 0.2) is 0 Å². The molecule has 0 N–H and O–H groups in total. The van der Waals surface area contributed by atoms with Crippen LogP contribution in [-0.4, -0.2) is 20.4 Å². The molecule has 0 heterocycles. The largest absolute Gasteiger partial charge is 0.497 e. The fourth-order valence-electron chi connectivity index (χ4n) is 1.15. The molecule has 1 aromatic rings. The number of halogens is 3. The maximum Gasteiger partial charge on any atom is 0.409 e. The van der Waals surface area contributed by atoms with Crippen LogP contribution < -0.4 is 9.47 Å². The molecule has 1 rings (SSSR count). The van der Waals surface area contributed by atoms with Crippen molar-refractivity contribution < 1.29 is 22.6 Å². The van der Waals surface area contributed by atoms with Crippen molar-refractivity contribution >= 4 is 6.08 Å². The van der Waals surface area contributed by atoms with Gasteiger partial charge in [0.2, 0.25) is 0 Å². The first-order valence-electron chi connectivity index (χ1n) is 4.44. The third-order valence-electron chi connectivity index (χ3n) is 1.89. The van der Waals surface area contributed by atoms with E-state index in [2.05, 4.69) is 0 Å². The molecule has 2 nitrogen and oxygen atoms in total. The highest BCUT2D eigenvalue weighted by atomic mass is 19.4. The van der Waals surface area contributed by atoms with Crippen molar-refractivity contribution in [3.05, 3.63) is 29.8 Å². The maximum absolute atomic E-state index is 12.0. The highest BCUT2D eigenvalue weighted by Gasteiger charge is 2.22. The summed E-state index contributed by atoms with van der Waals surface area (Å²) in [5, 5.41) is 0. The van der Waals surface area contributed by atoms with Crippen LogP contribution in [0.1, 0.15) is 5.56 Å². The van der Waals surface area contributed by atoms with Gasteiger partial charge >= 0.3 is 6.18 Å². The lowest BCUT2D eigenvalue weighted by Crippen LogP contribution is -2.00. The van der Waals surface area contributed by atoms with Crippen molar-refractivity contribution in [3.8, 4) is 11.5 Å². The minimum Gasteiger partial charge on any atom is -0.497 e. The van der Waals surface area contributed by atoms with Crippen molar-refractivity contribution in [1.29, 1.82) is 0 Å². The lowest BCUT2D eigenvalue weighted by atomic mass is 10.1. The molecular weight excluding hydrogens is 221 g/mol. The van der Waals surface area contributed by atoms with E-state index in [1.165, 1.54) is 20.3 Å². The Morgan fingerprint density at radius 1 is 1.12 bits per heavy atom. The zero-order chi connectivity index (χ0) is 12.2. The highest BCUT2D eigenvalue weighted by molar-refractivity contribution is 5.60. The summed E-state index contributed by atoms with van der Waals surface area (Å²) in [6.07, 6.45) is -3.24. The molecule has 5 heteroatoms. The predicted molar refractivity (Wildman–Crippen MR) is 54.6 cm³/mol. The zero-order valence-corrected chi connectivity index (χ0v) is 8.84. The number of hydrogen-bond donors (Lipinski definition) is 0. The summed E-state index contributed by atoms with van der Waals surface area (Å²) in [6, 6.07) is 4.64. The standard InChI is InChI=1S/C11H11F3O2/c1-15-9-3-4-10(16-2)8(7-9)5-6-11(12,13)14/h3-7H,1-2H3/b6-5-. The molecule has 0 spiro atoms. The van der Waals surface area contributed by atoms with E-state index in [-0.39, 0.29) is 6.08 Å². The second-order valence-electron chi connectivity index (χ2n) is 2.98. The fraction of sp³-hybridized carbons (Fsp3) is 0.273. The second kappa shape index (κ2) is 4.92. The van der Waals surface area contributed by atoms with Crippen LogP contribution in [-0.2, 0) is 0 Å². The van der Waals surface area contributed by atoms with Crippen LogP contribution in [0.25, 0.3) is 6.08 Å². The topological polar surface area (TPSA) is 18.5 Å². The third-order valence-corrected chi connectivity index (χ3v) is 1.89. The maximum atomic E-state index is 12.0. The molecule has 0 unspecified atom stereocenters. The molecule has 0 aliphatic carbocycles. The molecular formula is C11H11F3O2. The van der Waals surface area contributed by atoms with Gasteiger partial charge < -0.3 is 9.47 Å². The van der Waals surface area contributed by atoms with Gasteiger partial charge in [-0.2, -0.15) is 13.2 Å². The van der Waals surface area contributed by atoms with Crippen molar-refractivity contribution in [2.45, 2.75) is 6.18 Å². The highest BCUT2D eigenvalue weighted by Crippen LogP contribution is 2.27. The summed E-state index contributed by atoms with van der Waals surface area (Å²) in [6.45, 7) is 0. The Morgan fingerprint density at radius 2 is 1.81 bits per heavy atom. The fourth-order valence-corrected chi connectivity index (χ4v) is 1.15. The van der Waals surface area contributed by atoms with Gasteiger partial charge in [0.05, 0.1) is 14.2 Å². The molecule has 0 fully saturated rings. The molecule has 0 bridgehead atoms. The van der Waals surface area contributed by atoms with Gasteiger partial charge in [0, 0.05) is 11.6 Å². The van der Waals surface area contributed by atoms with Gasteiger partial charge in [-0.25, -0.2) is 0 Å². The van der Waals surface area contributed by atoms with Gasteiger partial charge in [0.1, 0.15) is 11.5 Å². The van der Waals surface area contributed by atoms with Crippen LogP contribution >= 0.6 is 0 Å². The van der Waals surface area contributed by atoms with E-state index in [1.54, 1.807) is 12.1 Å². The van der Waals surface area contributed by atoms with Crippen LogP contribution in [0.3, 0.4) is 0 Å². The van der Waals surface area contributed by atoms with E-state index in [1.807, 2.05) is 0 Å². The van der Waals surface area contributed by atoms with E-state index >= 15 is 0 Å². The van der Waals surface area contributed by atoms with E-state index in [9.17, 15) is 13.2 Å². The number of hydrogen-bond acceptors (Lipinski definition) is 2. The third kappa shape index (κ3) is 3.49. The lowest BCUT2D eigenvalue weighted by Gasteiger charge is -2.07. The second-order valence-corrected chi connectivity index (χ2v) is 2.98. The Morgan fingerprint density at radius 3 is 2.31 bits per heavy atom. The summed E-state index contributed by atoms with van der Waals surface area (Å²) >= 11 is 0. The van der Waals surface area contributed by atoms with E-state index in [4.69, 9.17) is 9.47 Å². The van der Waals surface area contributed by atoms with Crippen LogP contribution in [0.5, 0.6) is 11.5 Å². The van der Waals surface area contributed by atoms with Crippen LogP contribution in [0, 0.1) is 0 Å². The first kappa shape index (κ1) is 12.4. The van der Waals surface area contributed by atoms with Crippen LogP contribution in [0.2, 0.25) is 0 Å². The zero-order valence-electron chi connectivity index (χ0n) is 8.84. The van der Waals surface area contributed by atoms with Gasteiger partial charge in [-0.05, 0) is 24.3 Å². The quantitative estimate of drug-likeness (QED) is 0.796. The minimum absolute atomic E-state index is 0.157. The Labute approximate surface area is 91.3 Å². The molecule has 0 saturated heterocycles. The summed E-state index contributed by atoms with van der Waals surface area (Å²) in [5.41, 5.74) is 0.319. The number of allylic oxidation sites excluding steroid dienone is 1. The number of rotatable bonds is 3. The first-order chi connectivity index (χ1) is 7.46. The summed E-state index contributed by atoms with van der Waals surface area (Å²) in [5.74, 6) is 0.837. The molecule has 0 aromatic heterocycles. The lowest BCUT2D eigenvalue weighted by molar-refractivity contribution is -0.0790. The summed E-state index contributed by atoms with van der Waals surface area (Å²) in [7, 11) is 2.84. The van der Waals surface area contributed by atoms with Crippen molar-refractivity contribution in [1.82, 2.24) is 0 Å². The predicted octanol–water partition coefficient (Wildman–Crippen LogP) is 3.28. The molecule has 88 valence electrons. The van der Waals surface area contributed by atoms with E-state index in [0.717, 1.165) is 6.08 Å². The molecule has 16 heavy (non-hydrogen) atoms. The SMILES string of the molecule is COc1ccc(OC)c(/C=C\C(F)(F)F)c1. The first-order valence-corrected chi connectivity index (χ1v) is 4.44. The molecule has 0 radical (unpaired) electrons. The Kier molecular flexibility index (Phi) is 3.82. The number of benzene rings is 1. The molecule has 0 aliphatic heterocycles. The Hall–Kier alpha value is -1.65. The van der Waals surface area contributed by atoms with Crippen molar-refractivity contribution in [2.24, 2.45) is 0 Å². The number of alkyl halides is 3. The van der Waals surface area contributed by atoms with Crippen LogP contribution in [0.4, 0.5) is 13.2 Å². The molecule has 0 amide bonds. The summed E-state index contributed by atoms with van der Waals surface area (Å²) < 4.78 is 45.9. The van der Waals surface area contributed by atoms with E-state index in [0.29, 0.717) is 17.1 Å². The monoisotopic (exact) mass is 232 g/mol. The van der Waals surface area contributed by atoms with Crippen molar-refractivity contribution in [3.63, 3.8) is 0 Å². The average Bonchev–Trinajstić information content (AvgIpc) is 2.25. The van der Waals surface area contributed by atoms with Gasteiger partial charge in [0.25, 0.3) is 0 Å². The smallest absolute Gasteiger partial charge is 0.409 e. The van der Waals surface area contributed by atoms with Crippen molar-refractivity contribution in [2.75, 3.05) is 14.2 Å². The molecule has 0 atom stereocenters. The molecule has 1 aromatic carbocycles. The van der Waals surface area contributed by atoms with Gasteiger partial charge in [-0.3, -0.25) is 0 Å². The Bertz CT molecular complexity index is 383. The van der Waals surface area contributed by atoms with Gasteiger partial charge in [-0.1, -0.05) is 0 Å². The Balaban J connectivity index is 3.05. The van der Waals surface area contributed by atoms with Crippen LogP contribution in [0.15, 0.2) is 24.3 Å². The minimum atomic E-state index is -4.34.